The number of anilines is 1. The lowest BCUT2D eigenvalue weighted by atomic mass is 10.0. The summed E-state index contributed by atoms with van der Waals surface area (Å²) in [6.07, 6.45) is 0. The van der Waals surface area contributed by atoms with Crippen LogP contribution in [-0.4, -0.2) is 26.3 Å². The van der Waals surface area contributed by atoms with Gasteiger partial charge in [0.2, 0.25) is 10.0 Å². The fraction of sp³-hybridized carbons (Fsp3) is 0.143. The van der Waals surface area contributed by atoms with Crippen molar-refractivity contribution in [3.63, 3.8) is 0 Å². The number of fused-ring (bicyclic) bond motifs is 1. The smallest absolute Gasteiger partial charge is 0.252 e. The molecule has 0 saturated carbocycles. The fourth-order valence-corrected chi connectivity index (χ4v) is 5.43. The maximum Gasteiger partial charge on any atom is 0.252 e. The monoisotopic (exact) mass is 501 g/mol. The molecular formula is C28H27N3O4S. The molecule has 8 heteroatoms. The van der Waals surface area contributed by atoms with Crippen LogP contribution in [0.5, 0.6) is 0 Å². The van der Waals surface area contributed by atoms with E-state index in [9.17, 15) is 18.0 Å². The minimum Gasteiger partial charge on any atom is -0.336 e. The number of hydrogen-bond acceptors (Lipinski definition) is 4. The zero-order valence-electron chi connectivity index (χ0n) is 19.9. The van der Waals surface area contributed by atoms with Gasteiger partial charge < -0.3 is 10.6 Å². The Morgan fingerprint density at radius 3 is 2.00 bits per heavy atom. The Morgan fingerprint density at radius 1 is 0.722 bits per heavy atom. The average Bonchev–Trinajstić information content (AvgIpc) is 2.87. The van der Waals surface area contributed by atoms with Crippen molar-refractivity contribution in [1.82, 2.24) is 10.0 Å². The van der Waals surface area contributed by atoms with Crippen LogP contribution in [0.3, 0.4) is 0 Å². The topological polar surface area (TPSA) is 104 Å². The molecule has 4 aromatic carbocycles. The SMILES string of the molecule is CC(C)NS(=O)(=O)c1cccc2c(NC(=O)[C@H](NC(=O)c3ccccc3)c3ccccc3)cccc12. The Kier molecular flexibility index (Phi) is 7.47. The van der Waals surface area contributed by atoms with E-state index >= 15 is 0 Å². The average molecular weight is 502 g/mol. The van der Waals surface area contributed by atoms with Gasteiger partial charge in [-0.3, -0.25) is 9.59 Å². The van der Waals surface area contributed by atoms with E-state index in [1.54, 1.807) is 92.7 Å². The van der Waals surface area contributed by atoms with Crippen molar-refractivity contribution in [2.45, 2.75) is 30.8 Å². The number of benzene rings is 4. The van der Waals surface area contributed by atoms with Crippen LogP contribution in [0.1, 0.15) is 35.8 Å². The number of hydrogen-bond donors (Lipinski definition) is 3. The van der Waals surface area contributed by atoms with E-state index in [2.05, 4.69) is 15.4 Å². The molecule has 0 aliphatic rings. The number of carbonyl (C=O) groups is 2. The van der Waals surface area contributed by atoms with Crippen molar-refractivity contribution in [1.29, 1.82) is 0 Å². The summed E-state index contributed by atoms with van der Waals surface area (Å²) in [5.41, 5.74) is 1.49. The van der Waals surface area contributed by atoms with Crippen molar-refractivity contribution < 1.29 is 18.0 Å². The third-order valence-electron chi connectivity index (χ3n) is 5.53. The molecule has 4 aromatic rings. The third kappa shape index (κ3) is 5.62. The molecule has 3 N–H and O–H groups in total. The first-order valence-corrected chi connectivity index (χ1v) is 13.0. The maximum atomic E-state index is 13.5. The van der Waals surface area contributed by atoms with Gasteiger partial charge in [-0.2, -0.15) is 0 Å². The van der Waals surface area contributed by atoms with E-state index in [4.69, 9.17) is 0 Å². The van der Waals surface area contributed by atoms with Crippen LogP contribution in [0.15, 0.2) is 102 Å². The van der Waals surface area contributed by atoms with Gasteiger partial charge in [0.25, 0.3) is 11.8 Å². The van der Waals surface area contributed by atoms with Crippen molar-refractivity contribution in [3.8, 4) is 0 Å². The summed E-state index contributed by atoms with van der Waals surface area (Å²) in [6.45, 7) is 3.50. The zero-order chi connectivity index (χ0) is 25.7. The molecular weight excluding hydrogens is 474 g/mol. The van der Waals surface area contributed by atoms with E-state index in [1.165, 1.54) is 6.07 Å². The summed E-state index contributed by atoms with van der Waals surface area (Å²) in [5.74, 6) is -0.836. The molecule has 0 bridgehead atoms. The van der Waals surface area contributed by atoms with Gasteiger partial charge in [0.15, 0.2) is 0 Å². The first kappa shape index (κ1) is 25.1. The quantitative estimate of drug-likeness (QED) is 0.327. The molecule has 4 rings (SSSR count). The van der Waals surface area contributed by atoms with Crippen LogP contribution in [0.4, 0.5) is 5.69 Å². The standard InChI is InChI=1S/C28H27N3O4S/c1-19(2)31-36(34,35)25-18-10-15-22-23(25)16-9-17-24(22)29-28(33)26(20-11-5-3-6-12-20)30-27(32)21-13-7-4-8-14-21/h3-19,26,31H,1-2H3,(H,29,33)(H,30,32)/t26-/m1/s1. The maximum absolute atomic E-state index is 13.5. The predicted molar refractivity (Wildman–Crippen MR) is 141 cm³/mol. The summed E-state index contributed by atoms with van der Waals surface area (Å²) in [6, 6.07) is 26.4. The summed E-state index contributed by atoms with van der Waals surface area (Å²) in [5, 5.41) is 6.76. The lowest BCUT2D eigenvalue weighted by Gasteiger charge is -2.20. The molecule has 184 valence electrons. The van der Waals surface area contributed by atoms with Gasteiger partial charge >= 0.3 is 0 Å². The van der Waals surface area contributed by atoms with Gasteiger partial charge in [-0.1, -0.05) is 72.8 Å². The van der Waals surface area contributed by atoms with Crippen LogP contribution in [0.25, 0.3) is 10.8 Å². The van der Waals surface area contributed by atoms with Crippen molar-refractivity contribution in [3.05, 3.63) is 108 Å². The Hall–Kier alpha value is -4.01. The second kappa shape index (κ2) is 10.7. The molecule has 0 aromatic heterocycles. The van der Waals surface area contributed by atoms with E-state index in [0.29, 0.717) is 27.6 Å². The minimum atomic E-state index is -3.76. The molecule has 0 heterocycles. The number of amides is 2. The molecule has 1 atom stereocenters. The molecule has 0 saturated heterocycles. The lowest BCUT2D eigenvalue weighted by molar-refractivity contribution is -0.118. The number of carbonyl (C=O) groups excluding carboxylic acids is 2. The summed E-state index contributed by atoms with van der Waals surface area (Å²) < 4.78 is 28.4. The van der Waals surface area contributed by atoms with Crippen LogP contribution < -0.4 is 15.4 Å². The highest BCUT2D eigenvalue weighted by Crippen LogP contribution is 2.30. The number of sulfonamides is 1. The molecule has 0 aliphatic heterocycles. The van der Waals surface area contributed by atoms with E-state index in [-0.39, 0.29) is 16.8 Å². The van der Waals surface area contributed by atoms with Gasteiger partial charge in [0.1, 0.15) is 6.04 Å². The van der Waals surface area contributed by atoms with Crippen LogP contribution in [0, 0.1) is 0 Å². The second-order valence-corrected chi connectivity index (χ2v) is 10.3. The van der Waals surface area contributed by atoms with Gasteiger partial charge in [-0.15, -0.1) is 0 Å². The van der Waals surface area contributed by atoms with Gasteiger partial charge in [-0.25, -0.2) is 13.1 Å². The Labute approximate surface area is 210 Å². The minimum absolute atomic E-state index is 0.127. The molecule has 36 heavy (non-hydrogen) atoms. The highest BCUT2D eigenvalue weighted by molar-refractivity contribution is 7.89. The number of nitrogens with one attached hydrogen (secondary N) is 3. The lowest BCUT2D eigenvalue weighted by Crippen LogP contribution is -2.37. The zero-order valence-corrected chi connectivity index (χ0v) is 20.8. The number of rotatable bonds is 8. The first-order chi connectivity index (χ1) is 17.3. The molecule has 0 unspecified atom stereocenters. The Morgan fingerprint density at radius 2 is 1.33 bits per heavy atom. The molecule has 0 aliphatic carbocycles. The predicted octanol–water partition coefficient (Wildman–Crippen LogP) is 4.64. The van der Waals surface area contributed by atoms with E-state index in [1.807, 2.05) is 12.1 Å². The molecule has 0 fully saturated rings. The molecule has 2 amide bonds. The summed E-state index contributed by atoms with van der Waals surface area (Å²) in [4.78, 5) is 26.5. The second-order valence-electron chi connectivity index (χ2n) is 8.61. The van der Waals surface area contributed by atoms with E-state index < -0.39 is 22.0 Å². The van der Waals surface area contributed by atoms with Crippen LogP contribution >= 0.6 is 0 Å². The van der Waals surface area contributed by atoms with Gasteiger partial charge in [-0.05, 0) is 43.7 Å². The fourth-order valence-electron chi connectivity index (χ4n) is 3.95. The van der Waals surface area contributed by atoms with E-state index in [0.717, 1.165) is 0 Å². The highest BCUT2D eigenvalue weighted by Gasteiger charge is 2.25. The Balaban J connectivity index is 1.69. The first-order valence-electron chi connectivity index (χ1n) is 11.5. The van der Waals surface area contributed by atoms with Crippen LogP contribution in [-0.2, 0) is 14.8 Å². The Bertz CT molecular complexity index is 1490. The van der Waals surface area contributed by atoms with Crippen molar-refractivity contribution in [2.24, 2.45) is 0 Å². The van der Waals surface area contributed by atoms with Crippen LogP contribution in [0.2, 0.25) is 0 Å². The molecule has 0 spiro atoms. The molecule has 7 nitrogen and oxygen atoms in total. The van der Waals surface area contributed by atoms with Gasteiger partial charge in [0.05, 0.1) is 4.90 Å². The third-order valence-corrected chi connectivity index (χ3v) is 7.24. The largest absolute Gasteiger partial charge is 0.336 e. The van der Waals surface area contributed by atoms with Gasteiger partial charge in [0, 0.05) is 28.1 Å². The van der Waals surface area contributed by atoms with Crippen molar-refractivity contribution >= 4 is 38.3 Å². The summed E-state index contributed by atoms with van der Waals surface area (Å²) >= 11 is 0. The normalized spacial score (nSPS) is 12.3. The van der Waals surface area contributed by atoms with Crippen molar-refractivity contribution in [2.75, 3.05) is 5.32 Å². The summed E-state index contributed by atoms with van der Waals surface area (Å²) in [7, 11) is -3.76. The molecule has 0 radical (unpaired) electrons. The highest BCUT2D eigenvalue weighted by atomic mass is 32.2.